The van der Waals surface area contributed by atoms with Gasteiger partial charge in [-0.15, -0.1) is 0 Å². The van der Waals surface area contributed by atoms with Crippen LogP contribution in [0.15, 0.2) is 12.4 Å². The number of Topliss-reactive ketones (excluding diaryl/α,β-unsaturated/α-hetero) is 2. The van der Waals surface area contributed by atoms with Gasteiger partial charge < -0.3 is 20.7 Å². The predicted octanol–water partition coefficient (Wildman–Crippen LogP) is 2.49. The van der Waals surface area contributed by atoms with Crippen LogP contribution in [0.4, 0.5) is 5.95 Å². The normalized spacial score (nSPS) is 12.8. The van der Waals surface area contributed by atoms with Crippen LogP contribution in [0.3, 0.4) is 0 Å². The van der Waals surface area contributed by atoms with Gasteiger partial charge in [-0.2, -0.15) is 0 Å². The molecule has 2 N–H and O–H groups in total. The first-order valence-corrected chi connectivity index (χ1v) is 10.00. The maximum absolute atomic E-state index is 12.8. The third kappa shape index (κ3) is 6.43. The van der Waals surface area contributed by atoms with Crippen LogP contribution in [-0.2, 0) is 16.1 Å². The summed E-state index contributed by atoms with van der Waals surface area (Å²) in [5, 5.41) is 17.7. The van der Waals surface area contributed by atoms with Crippen molar-refractivity contribution in [3.63, 3.8) is 0 Å². The van der Waals surface area contributed by atoms with E-state index in [0.717, 1.165) is 12.8 Å². The number of ketones is 2. The summed E-state index contributed by atoms with van der Waals surface area (Å²) >= 11 is 0. The second-order valence-electron chi connectivity index (χ2n) is 8.76. The van der Waals surface area contributed by atoms with E-state index in [1.165, 1.54) is 17.0 Å². The van der Waals surface area contributed by atoms with E-state index in [2.05, 4.69) is 29.5 Å². The van der Waals surface area contributed by atoms with Crippen LogP contribution in [0.25, 0.3) is 0 Å². The number of nitro groups is 1. The molecule has 9 heteroatoms. The fourth-order valence-corrected chi connectivity index (χ4v) is 2.80. The molecule has 9 nitrogen and oxygen atoms in total. The number of carbonyl (C=O) groups is 2. The molecule has 29 heavy (non-hydrogen) atoms. The van der Waals surface area contributed by atoms with Gasteiger partial charge in [0.05, 0.1) is 11.1 Å². The highest BCUT2D eigenvalue weighted by atomic mass is 16.6. The van der Waals surface area contributed by atoms with Gasteiger partial charge in [-0.1, -0.05) is 18.8 Å². The van der Waals surface area contributed by atoms with E-state index < -0.39 is 16.0 Å². The molecule has 0 amide bonds. The van der Waals surface area contributed by atoms with Gasteiger partial charge in [0.1, 0.15) is 24.7 Å². The van der Waals surface area contributed by atoms with Crippen LogP contribution in [0.5, 0.6) is 0 Å². The number of imidazole rings is 1. The van der Waals surface area contributed by atoms with Crippen LogP contribution in [0, 0.1) is 15.5 Å². The summed E-state index contributed by atoms with van der Waals surface area (Å²) in [6, 6.07) is 0. The second-order valence-corrected chi connectivity index (χ2v) is 8.76. The molecule has 0 aliphatic rings. The average Bonchev–Trinajstić information content (AvgIpc) is 3.10. The van der Waals surface area contributed by atoms with E-state index in [9.17, 15) is 19.7 Å². The van der Waals surface area contributed by atoms with Crippen molar-refractivity contribution in [2.75, 3.05) is 13.1 Å². The molecule has 1 aromatic rings. The molecule has 0 aliphatic carbocycles. The molecular weight excluding hydrogens is 374 g/mol. The topological polar surface area (TPSA) is 119 Å². The maximum atomic E-state index is 12.8. The molecular formula is C20H35N5O4. The molecule has 0 radical (unpaired) electrons. The van der Waals surface area contributed by atoms with Gasteiger partial charge in [0.2, 0.25) is 0 Å². The van der Waals surface area contributed by atoms with Gasteiger partial charge in [-0.25, -0.2) is 4.57 Å². The van der Waals surface area contributed by atoms with E-state index in [1.807, 2.05) is 13.8 Å². The average molecular weight is 410 g/mol. The molecule has 0 fully saturated rings. The number of nitrogens with zero attached hydrogens (tertiary/aromatic N) is 3. The predicted molar refractivity (Wildman–Crippen MR) is 112 cm³/mol. The number of aromatic nitrogens is 2. The van der Waals surface area contributed by atoms with Gasteiger partial charge in [-0.3, -0.25) is 9.59 Å². The maximum Gasteiger partial charge on any atom is 0.434 e. The molecule has 1 heterocycles. The summed E-state index contributed by atoms with van der Waals surface area (Å²) < 4.78 is 1.25. The van der Waals surface area contributed by atoms with E-state index in [0.29, 0.717) is 13.1 Å². The molecule has 1 rings (SSSR count). The summed E-state index contributed by atoms with van der Waals surface area (Å²) in [4.78, 5) is 38.7. The molecule has 0 atom stereocenters. The zero-order valence-corrected chi connectivity index (χ0v) is 18.7. The first-order chi connectivity index (χ1) is 13.3. The van der Waals surface area contributed by atoms with Gasteiger partial charge in [0, 0.05) is 13.1 Å². The molecule has 0 aromatic carbocycles. The first-order valence-electron chi connectivity index (χ1n) is 10.00. The summed E-state index contributed by atoms with van der Waals surface area (Å²) in [5.74, 6) is -0.443. The molecule has 0 saturated heterocycles. The lowest BCUT2D eigenvalue weighted by atomic mass is 9.80. The van der Waals surface area contributed by atoms with Gasteiger partial charge in [0.15, 0.2) is 5.78 Å². The standard InChI is InChI=1S/C20H35N5O4/c1-8-20(9-2,13-22-18(4,5)15(3)26)14-23-19(6,7)16(27)12-24-11-10-21-17(24)25(28)29/h10-11,22-23H,8-9,12-14H2,1-7H3. The Morgan fingerprint density at radius 2 is 1.62 bits per heavy atom. The van der Waals surface area contributed by atoms with Crippen LogP contribution < -0.4 is 10.6 Å². The Labute approximate surface area is 172 Å². The highest BCUT2D eigenvalue weighted by Crippen LogP contribution is 2.27. The number of hydrogen-bond acceptors (Lipinski definition) is 7. The van der Waals surface area contributed by atoms with E-state index >= 15 is 0 Å². The Balaban J connectivity index is 2.83. The van der Waals surface area contributed by atoms with Gasteiger partial charge in [-0.05, 0) is 57.8 Å². The van der Waals surface area contributed by atoms with Gasteiger partial charge in [0.25, 0.3) is 0 Å². The summed E-state index contributed by atoms with van der Waals surface area (Å²) in [6.07, 6.45) is 4.49. The van der Waals surface area contributed by atoms with E-state index in [4.69, 9.17) is 0 Å². The minimum Gasteiger partial charge on any atom is -0.390 e. The largest absolute Gasteiger partial charge is 0.434 e. The van der Waals surface area contributed by atoms with Crippen LogP contribution in [0.1, 0.15) is 61.3 Å². The highest BCUT2D eigenvalue weighted by Gasteiger charge is 2.35. The number of rotatable bonds is 13. The van der Waals surface area contributed by atoms with Crippen LogP contribution in [-0.4, -0.2) is 50.2 Å². The van der Waals surface area contributed by atoms with Crippen molar-refractivity contribution < 1.29 is 14.5 Å². The Hall–Kier alpha value is -2.13. The molecule has 0 bridgehead atoms. The summed E-state index contributed by atoms with van der Waals surface area (Å²) in [7, 11) is 0. The van der Waals surface area contributed by atoms with Crippen molar-refractivity contribution in [1.29, 1.82) is 0 Å². The van der Waals surface area contributed by atoms with Crippen molar-refractivity contribution >= 4 is 17.5 Å². The summed E-state index contributed by atoms with van der Waals surface area (Å²) in [5.41, 5.74) is -1.61. The lowest BCUT2D eigenvalue weighted by molar-refractivity contribution is -0.396. The van der Waals surface area contributed by atoms with Crippen LogP contribution in [0.2, 0.25) is 0 Å². The van der Waals surface area contributed by atoms with Crippen molar-refractivity contribution in [2.45, 2.75) is 78.9 Å². The lowest BCUT2D eigenvalue weighted by Gasteiger charge is -2.38. The van der Waals surface area contributed by atoms with Crippen molar-refractivity contribution in [3.05, 3.63) is 22.5 Å². The van der Waals surface area contributed by atoms with Crippen LogP contribution >= 0.6 is 0 Å². The Morgan fingerprint density at radius 3 is 2.07 bits per heavy atom. The minimum absolute atomic E-state index is 0.0731. The fraction of sp³-hybridized carbons (Fsp3) is 0.750. The lowest BCUT2D eigenvalue weighted by Crippen LogP contribution is -2.56. The zero-order valence-electron chi connectivity index (χ0n) is 18.7. The second kappa shape index (κ2) is 9.58. The molecule has 0 aliphatic heterocycles. The quantitative estimate of drug-likeness (QED) is 0.379. The monoisotopic (exact) mass is 409 g/mol. The molecule has 1 aromatic heterocycles. The van der Waals surface area contributed by atoms with E-state index in [-0.39, 0.29) is 29.5 Å². The van der Waals surface area contributed by atoms with Crippen molar-refractivity contribution in [1.82, 2.24) is 20.2 Å². The minimum atomic E-state index is -0.871. The number of hydrogen-bond donors (Lipinski definition) is 2. The smallest absolute Gasteiger partial charge is 0.390 e. The molecule has 164 valence electrons. The van der Waals surface area contributed by atoms with Crippen molar-refractivity contribution in [3.8, 4) is 0 Å². The Morgan fingerprint density at radius 1 is 1.10 bits per heavy atom. The fourth-order valence-electron chi connectivity index (χ4n) is 2.80. The molecule has 0 saturated carbocycles. The number of nitrogens with one attached hydrogen (secondary N) is 2. The third-order valence-corrected chi connectivity index (χ3v) is 6.06. The number of carbonyl (C=O) groups excluding carboxylic acids is 2. The molecule has 0 spiro atoms. The van der Waals surface area contributed by atoms with E-state index in [1.54, 1.807) is 20.8 Å². The Kier molecular flexibility index (Phi) is 8.23. The third-order valence-electron chi connectivity index (χ3n) is 6.06. The zero-order chi connectivity index (χ0) is 22.5. The first kappa shape index (κ1) is 24.9. The SMILES string of the molecule is CCC(CC)(CNC(C)(C)C(C)=O)CNC(C)(C)C(=O)Cn1ccnc1[N+](=O)[O-]. The highest BCUT2D eigenvalue weighted by molar-refractivity contribution is 5.87. The van der Waals surface area contributed by atoms with Gasteiger partial charge >= 0.3 is 5.95 Å². The summed E-state index contributed by atoms with van der Waals surface area (Å²) in [6.45, 7) is 14.1. The Bertz CT molecular complexity index is 735. The molecule has 0 unspecified atom stereocenters. The van der Waals surface area contributed by atoms with Crippen molar-refractivity contribution in [2.24, 2.45) is 5.41 Å².